The number of nitrogens with zero attached hydrogens (tertiary/aromatic N) is 4. The number of aromatic nitrogens is 4. The zero-order valence-electron chi connectivity index (χ0n) is 9.17. The van der Waals surface area contributed by atoms with Crippen LogP contribution >= 0.6 is 23.2 Å². The highest BCUT2D eigenvalue weighted by atomic mass is 35.5. The number of hydrogen-bond acceptors (Lipinski definition) is 3. The van der Waals surface area contributed by atoms with Crippen molar-refractivity contribution in [2.24, 2.45) is 0 Å². The minimum absolute atomic E-state index is 0.425. The van der Waals surface area contributed by atoms with Crippen molar-refractivity contribution >= 4 is 29.0 Å². The van der Waals surface area contributed by atoms with Crippen LogP contribution in [-0.4, -0.2) is 19.6 Å². The minimum Gasteiger partial charge on any atom is -0.199 e. The predicted molar refractivity (Wildman–Crippen MR) is 64.2 cm³/mol. The van der Waals surface area contributed by atoms with Crippen molar-refractivity contribution in [3.8, 4) is 0 Å². The van der Waals surface area contributed by atoms with Crippen LogP contribution in [0, 0.1) is 0 Å². The normalized spacial score (nSPS) is 11.2. The van der Waals surface area contributed by atoms with Gasteiger partial charge in [-0.15, -0.1) is 5.10 Å². The summed E-state index contributed by atoms with van der Waals surface area (Å²) in [6.07, 6.45) is 2.50. The molecule has 0 aliphatic rings. The van der Waals surface area contributed by atoms with Gasteiger partial charge in [-0.3, -0.25) is 0 Å². The van der Waals surface area contributed by atoms with Crippen LogP contribution in [0.3, 0.4) is 0 Å². The summed E-state index contributed by atoms with van der Waals surface area (Å²) < 4.78 is 1.55. The third kappa shape index (κ3) is 1.87. The van der Waals surface area contributed by atoms with Crippen molar-refractivity contribution in [2.75, 3.05) is 0 Å². The van der Waals surface area contributed by atoms with Crippen LogP contribution in [0.2, 0.25) is 10.3 Å². The number of halogens is 2. The average Bonchev–Trinajstić information content (AvgIpc) is 2.67. The van der Waals surface area contributed by atoms with Crippen molar-refractivity contribution in [3.05, 3.63) is 21.7 Å². The monoisotopic (exact) mass is 258 g/mol. The first-order valence-electron chi connectivity index (χ1n) is 5.26. The molecular weight excluding hydrogens is 247 g/mol. The lowest BCUT2D eigenvalue weighted by Crippen LogP contribution is -2.00. The summed E-state index contributed by atoms with van der Waals surface area (Å²) in [4.78, 5) is 8.42. The summed E-state index contributed by atoms with van der Waals surface area (Å²) in [6, 6.07) is 0. The van der Waals surface area contributed by atoms with Gasteiger partial charge in [0.1, 0.15) is 10.3 Å². The molecule has 0 amide bonds. The molecule has 0 aliphatic heterocycles. The van der Waals surface area contributed by atoms with E-state index in [2.05, 4.69) is 22.0 Å². The first-order valence-corrected chi connectivity index (χ1v) is 6.02. The van der Waals surface area contributed by atoms with E-state index in [1.165, 1.54) is 0 Å². The molecule has 6 heteroatoms. The summed E-state index contributed by atoms with van der Waals surface area (Å²) >= 11 is 12.3. The maximum Gasteiger partial charge on any atom is 0.255 e. The predicted octanol–water partition coefficient (Wildman–Crippen LogP) is 2.95. The number of aryl methyl sites for hydroxylation is 1. The molecule has 2 heterocycles. The van der Waals surface area contributed by atoms with Gasteiger partial charge < -0.3 is 0 Å². The lowest BCUT2D eigenvalue weighted by molar-refractivity contribution is 0.845. The van der Waals surface area contributed by atoms with E-state index in [0.717, 1.165) is 30.7 Å². The lowest BCUT2D eigenvalue weighted by Gasteiger charge is -2.05. The van der Waals surface area contributed by atoms with Crippen molar-refractivity contribution in [1.82, 2.24) is 19.6 Å². The van der Waals surface area contributed by atoms with Crippen LogP contribution in [0.4, 0.5) is 0 Å². The molecule has 16 heavy (non-hydrogen) atoms. The van der Waals surface area contributed by atoms with Crippen LogP contribution in [0.5, 0.6) is 0 Å². The Kier molecular flexibility index (Phi) is 3.30. The quantitative estimate of drug-likeness (QED) is 0.796. The SMILES string of the molecule is CCCc1c(Cl)nc2nc(CC)nn2c1Cl. The Hall–Kier alpha value is -0.870. The van der Waals surface area contributed by atoms with E-state index in [9.17, 15) is 0 Å². The Bertz CT molecular complexity index is 521. The Morgan fingerprint density at radius 3 is 2.56 bits per heavy atom. The topological polar surface area (TPSA) is 43.1 Å². The third-order valence-electron chi connectivity index (χ3n) is 2.33. The molecule has 0 saturated heterocycles. The molecule has 0 radical (unpaired) electrons. The summed E-state index contributed by atoms with van der Waals surface area (Å²) in [5, 5.41) is 5.21. The van der Waals surface area contributed by atoms with Crippen LogP contribution in [-0.2, 0) is 12.8 Å². The molecule has 0 N–H and O–H groups in total. The second kappa shape index (κ2) is 4.55. The van der Waals surface area contributed by atoms with Gasteiger partial charge in [0.05, 0.1) is 0 Å². The fraction of sp³-hybridized carbons (Fsp3) is 0.500. The van der Waals surface area contributed by atoms with Crippen LogP contribution in [0.1, 0.15) is 31.7 Å². The van der Waals surface area contributed by atoms with Gasteiger partial charge in [0.15, 0.2) is 5.82 Å². The second-order valence-electron chi connectivity index (χ2n) is 3.52. The molecule has 0 aromatic carbocycles. The molecule has 0 spiro atoms. The van der Waals surface area contributed by atoms with Gasteiger partial charge in [-0.2, -0.15) is 14.5 Å². The summed E-state index contributed by atoms with van der Waals surface area (Å²) in [7, 11) is 0. The average molecular weight is 259 g/mol. The van der Waals surface area contributed by atoms with Crippen LogP contribution < -0.4 is 0 Å². The highest BCUT2D eigenvalue weighted by Gasteiger charge is 2.14. The molecule has 0 fully saturated rings. The van der Waals surface area contributed by atoms with Crippen LogP contribution in [0.15, 0.2) is 0 Å². The van der Waals surface area contributed by atoms with Crippen LogP contribution in [0.25, 0.3) is 5.78 Å². The highest BCUT2D eigenvalue weighted by molar-refractivity contribution is 6.34. The van der Waals surface area contributed by atoms with E-state index >= 15 is 0 Å². The van der Waals surface area contributed by atoms with E-state index in [0.29, 0.717) is 16.1 Å². The third-order valence-corrected chi connectivity index (χ3v) is 3.03. The van der Waals surface area contributed by atoms with Crippen molar-refractivity contribution in [2.45, 2.75) is 33.1 Å². The first-order chi connectivity index (χ1) is 7.67. The molecule has 0 unspecified atom stereocenters. The molecule has 0 aliphatic carbocycles. The number of hydrogen-bond donors (Lipinski definition) is 0. The minimum atomic E-state index is 0.425. The van der Waals surface area contributed by atoms with E-state index in [1.807, 2.05) is 6.92 Å². The van der Waals surface area contributed by atoms with E-state index in [1.54, 1.807) is 4.52 Å². The number of fused-ring (bicyclic) bond motifs is 1. The molecule has 0 atom stereocenters. The fourth-order valence-electron chi connectivity index (χ4n) is 1.52. The lowest BCUT2D eigenvalue weighted by atomic mass is 10.2. The smallest absolute Gasteiger partial charge is 0.199 e. The zero-order chi connectivity index (χ0) is 11.7. The molecule has 2 aromatic heterocycles. The fourth-order valence-corrected chi connectivity index (χ4v) is 2.13. The van der Waals surface area contributed by atoms with E-state index in [-0.39, 0.29) is 0 Å². The van der Waals surface area contributed by atoms with Gasteiger partial charge in [-0.25, -0.2) is 0 Å². The van der Waals surface area contributed by atoms with Crippen molar-refractivity contribution < 1.29 is 0 Å². The van der Waals surface area contributed by atoms with Gasteiger partial charge in [0, 0.05) is 12.0 Å². The standard InChI is InChI=1S/C10H12Cl2N4/c1-3-5-6-8(11)14-10-13-7(4-2)15-16(10)9(6)12/h3-5H2,1-2H3. The Labute approximate surface area is 104 Å². The molecular formula is C10H12Cl2N4. The maximum absolute atomic E-state index is 6.23. The zero-order valence-corrected chi connectivity index (χ0v) is 10.7. The molecule has 2 rings (SSSR count). The Morgan fingerprint density at radius 1 is 1.19 bits per heavy atom. The van der Waals surface area contributed by atoms with E-state index in [4.69, 9.17) is 23.2 Å². The Balaban J connectivity index is 2.66. The second-order valence-corrected chi connectivity index (χ2v) is 4.23. The highest BCUT2D eigenvalue weighted by Crippen LogP contribution is 2.24. The van der Waals surface area contributed by atoms with Gasteiger partial charge >= 0.3 is 0 Å². The maximum atomic E-state index is 6.23. The van der Waals surface area contributed by atoms with E-state index < -0.39 is 0 Å². The number of rotatable bonds is 3. The van der Waals surface area contributed by atoms with Crippen molar-refractivity contribution in [1.29, 1.82) is 0 Å². The van der Waals surface area contributed by atoms with Crippen molar-refractivity contribution in [3.63, 3.8) is 0 Å². The molecule has 2 aromatic rings. The summed E-state index contributed by atoms with van der Waals surface area (Å²) in [5.41, 5.74) is 0.839. The molecule has 0 bridgehead atoms. The first kappa shape index (κ1) is 11.6. The van der Waals surface area contributed by atoms with Gasteiger partial charge in [0.25, 0.3) is 5.78 Å². The summed E-state index contributed by atoms with van der Waals surface area (Å²) in [5.74, 6) is 1.19. The van der Waals surface area contributed by atoms with Gasteiger partial charge in [-0.05, 0) is 6.42 Å². The van der Waals surface area contributed by atoms with Gasteiger partial charge in [-0.1, -0.05) is 43.5 Å². The molecule has 86 valence electrons. The summed E-state index contributed by atoms with van der Waals surface area (Å²) in [6.45, 7) is 4.05. The van der Waals surface area contributed by atoms with Gasteiger partial charge in [0.2, 0.25) is 0 Å². The molecule has 0 saturated carbocycles. The Morgan fingerprint density at radius 2 is 1.94 bits per heavy atom. The molecule has 4 nitrogen and oxygen atoms in total. The largest absolute Gasteiger partial charge is 0.255 e.